The molecule has 0 amide bonds. The molecule has 0 aliphatic rings. The highest BCUT2D eigenvalue weighted by molar-refractivity contribution is 7.92. The molecule has 0 N–H and O–H groups in total. The second-order valence-electron chi connectivity index (χ2n) is 5.20. The SMILES string of the molecule is O=C(c1ccccc1)c1noc(-c2ccccc2)c1S(=O)(=O)C(F)(F)F. The van der Waals surface area contributed by atoms with Crippen molar-refractivity contribution in [3.63, 3.8) is 0 Å². The molecule has 1 aromatic heterocycles. The number of carbonyl (C=O) groups excluding carboxylic acids is 1. The summed E-state index contributed by atoms with van der Waals surface area (Å²) in [4.78, 5) is 11.2. The van der Waals surface area contributed by atoms with Gasteiger partial charge in [-0.3, -0.25) is 4.79 Å². The maximum Gasteiger partial charge on any atom is 0.502 e. The van der Waals surface area contributed by atoms with Crippen molar-refractivity contribution in [2.75, 3.05) is 0 Å². The van der Waals surface area contributed by atoms with E-state index in [0.717, 1.165) is 0 Å². The van der Waals surface area contributed by atoms with Gasteiger partial charge < -0.3 is 4.52 Å². The maximum absolute atomic E-state index is 13.2. The third kappa shape index (κ3) is 3.01. The molecule has 0 aliphatic carbocycles. The van der Waals surface area contributed by atoms with Gasteiger partial charge in [0.25, 0.3) is 9.84 Å². The van der Waals surface area contributed by atoms with E-state index in [1.165, 1.54) is 48.5 Å². The fourth-order valence-electron chi connectivity index (χ4n) is 2.29. The topological polar surface area (TPSA) is 77.2 Å². The Balaban J connectivity index is 2.28. The standard InChI is InChI=1S/C17H10F3NO4S/c18-17(19,20)26(23,24)16-13(14(22)11-7-3-1-4-8-11)21-25-15(16)12-9-5-2-6-10-12/h1-10H. The van der Waals surface area contributed by atoms with E-state index >= 15 is 0 Å². The molecule has 0 unspecified atom stereocenters. The highest BCUT2D eigenvalue weighted by Crippen LogP contribution is 2.39. The molecule has 3 rings (SSSR count). The minimum atomic E-state index is -5.87. The zero-order valence-corrected chi connectivity index (χ0v) is 13.7. The van der Waals surface area contributed by atoms with Gasteiger partial charge in [0.1, 0.15) is 0 Å². The van der Waals surface area contributed by atoms with E-state index in [1.54, 1.807) is 12.1 Å². The van der Waals surface area contributed by atoms with Crippen molar-refractivity contribution in [1.82, 2.24) is 5.16 Å². The number of hydrogen-bond acceptors (Lipinski definition) is 5. The summed E-state index contributed by atoms with van der Waals surface area (Å²) in [5.41, 5.74) is -6.49. The number of nitrogens with zero attached hydrogens (tertiary/aromatic N) is 1. The van der Waals surface area contributed by atoms with Gasteiger partial charge in [-0.25, -0.2) is 8.42 Å². The van der Waals surface area contributed by atoms with Gasteiger partial charge in [-0.2, -0.15) is 13.2 Å². The first-order valence-electron chi connectivity index (χ1n) is 7.19. The minimum Gasteiger partial charge on any atom is -0.354 e. The van der Waals surface area contributed by atoms with E-state index in [2.05, 4.69) is 5.16 Å². The summed E-state index contributed by atoms with van der Waals surface area (Å²) in [6.07, 6.45) is 0. The van der Waals surface area contributed by atoms with Gasteiger partial charge >= 0.3 is 5.51 Å². The van der Waals surface area contributed by atoms with Gasteiger partial charge in [0.2, 0.25) is 5.78 Å². The van der Waals surface area contributed by atoms with Gasteiger partial charge in [0.15, 0.2) is 16.3 Å². The van der Waals surface area contributed by atoms with Crippen LogP contribution in [0.4, 0.5) is 13.2 Å². The summed E-state index contributed by atoms with van der Waals surface area (Å²) in [6, 6.07) is 14.5. The highest BCUT2D eigenvalue weighted by atomic mass is 32.2. The first kappa shape index (κ1) is 17.9. The smallest absolute Gasteiger partial charge is 0.354 e. The summed E-state index contributed by atoms with van der Waals surface area (Å²) in [5.74, 6) is -1.62. The molecule has 3 aromatic rings. The summed E-state index contributed by atoms with van der Waals surface area (Å²) >= 11 is 0. The van der Waals surface area contributed by atoms with Crippen molar-refractivity contribution in [3.8, 4) is 11.3 Å². The predicted octanol–water partition coefficient (Wildman–Crippen LogP) is 3.87. The van der Waals surface area contributed by atoms with Crippen LogP contribution in [0.3, 0.4) is 0 Å². The lowest BCUT2D eigenvalue weighted by molar-refractivity contribution is -0.0436. The van der Waals surface area contributed by atoms with Crippen LogP contribution in [-0.4, -0.2) is 24.9 Å². The summed E-state index contributed by atoms with van der Waals surface area (Å²) in [5, 5.41) is 3.34. The van der Waals surface area contributed by atoms with E-state index in [0.29, 0.717) is 0 Å². The summed E-state index contributed by atoms with van der Waals surface area (Å²) < 4.78 is 68.5. The van der Waals surface area contributed by atoms with Crippen LogP contribution in [0.15, 0.2) is 70.1 Å². The van der Waals surface area contributed by atoms with Gasteiger partial charge in [-0.05, 0) is 0 Å². The van der Waals surface area contributed by atoms with Crippen molar-refractivity contribution < 1.29 is 30.9 Å². The lowest BCUT2D eigenvalue weighted by Gasteiger charge is -2.09. The van der Waals surface area contributed by atoms with E-state index in [1.807, 2.05) is 0 Å². The molecule has 0 saturated heterocycles. The van der Waals surface area contributed by atoms with Crippen LogP contribution in [0.25, 0.3) is 11.3 Å². The number of benzene rings is 2. The third-order valence-corrected chi connectivity index (χ3v) is 5.04. The zero-order chi connectivity index (χ0) is 18.9. The number of alkyl halides is 3. The molecule has 0 fully saturated rings. The maximum atomic E-state index is 13.2. The van der Waals surface area contributed by atoms with Crippen molar-refractivity contribution in [2.45, 2.75) is 10.4 Å². The Labute approximate surface area is 146 Å². The predicted molar refractivity (Wildman–Crippen MR) is 85.1 cm³/mol. The Morgan fingerprint density at radius 2 is 1.46 bits per heavy atom. The van der Waals surface area contributed by atoms with Crippen molar-refractivity contribution in [1.29, 1.82) is 0 Å². The molecule has 0 atom stereocenters. The second kappa shape index (κ2) is 6.41. The highest BCUT2D eigenvalue weighted by Gasteiger charge is 2.52. The summed E-state index contributed by atoms with van der Waals surface area (Å²) in [6.45, 7) is 0. The minimum absolute atomic E-state index is 0.0148. The number of sulfone groups is 1. The van der Waals surface area contributed by atoms with E-state index in [-0.39, 0.29) is 11.1 Å². The lowest BCUT2D eigenvalue weighted by atomic mass is 10.1. The Bertz CT molecular complexity index is 1040. The summed E-state index contributed by atoms with van der Waals surface area (Å²) in [7, 11) is -5.87. The van der Waals surface area contributed by atoms with Crippen molar-refractivity contribution in [2.24, 2.45) is 0 Å². The molecule has 0 saturated carbocycles. The molecule has 0 bridgehead atoms. The van der Waals surface area contributed by atoms with Crippen LogP contribution in [0.1, 0.15) is 16.1 Å². The number of hydrogen-bond donors (Lipinski definition) is 0. The lowest BCUT2D eigenvalue weighted by Crippen LogP contribution is -2.25. The van der Waals surface area contributed by atoms with Crippen LogP contribution < -0.4 is 0 Å². The van der Waals surface area contributed by atoms with Crippen LogP contribution in [0.2, 0.25) is 0 Å². The van der Waals surface area contributed by atoms with E-state index in [9.17, 15) is 26.4 Å². The van der Waals surface area contributed by atoms with Crippen LogP contribution in [-0.2, 0) is 9.84 Å². The van der Waals surface area contributed by atoms with Crippen LogP contribution in [0, 0.1) is 0 Å². The molecule has 0 aliphatic heterocycles. The molecule has 0 radical (unpaired) electrons. The molecule has 5 nitrogen and oxygen atoms in total. The monoisotopic (exact) mass is 381 g/mol. The van der Waals surface area contributed by atoms with E-state index < -0.39 is 37.5 Å². The Morgan fingerprint density at radius 3 is 2.00 bits per heavy atom. The second-order valence-corrected chi connectivity index (χ2v) is 7.08. The van der Waals surface area contributed by atoms with Gasteiger partial charge in [0.05, 0.1) is 0 Å². The molecule has 9 heteroatoms. The molecule has 0 spiro atoms. The average molecular weight is 381 g/mol. The fraction of sp³-hybridized carbons (Fsp3) is 0.0588. The molecular formula is C17H10F3NO4S. The zero-order valence-electron chi connectivity index (χ0n) is 12.9. The quantitative estimate of drug-likeness (QED) is 0.641. The molecular weight excluding hydrogens is 371 g/mol. The number of halogens is 3. The Kier molecular flexibility index (Phi) is 4.41. The third-order valence-electron chi connectivity index (χ3n) is 3.51. The normalized spacial score (nSPS) is 12.1. The van der Waals surface area contributed by atoms with Crippen LogP contribution >= 0.6 is 0 Å². The van der Waals surface area contributed by atoms with Crippen molar-refractivity contribution >= 4 is 15.6 Å². The molecule has 1 heterocycles. The number of ketones is 1. The first-order chi connectivity index (χ1) is 12.2. The van der Waals surface area contributed by atoms with E-state index in [4.69, 9.17) is 4.52 Å². The molecule has 26 heavy (non-hydrogen) atoms. The van der Waals surface area contributed by atoms with Gasteiger partial charge in [-0.15, -0.1) is 0 Å². The largest absolute Gasteiger partial charge is 0.502 e. The van der Waals surface area contributed by atoms with Gasteiger partial charge in [-0.1, -0.05) is 65.8 Å². The molecule has 2 aromatic carbocycles. The van der Waals surface area contributed by atoms with Gasteiger partial charge in [0, 0.05) is 11.1 Å². The first-order valence-corrected chi connectivity index (χ1v) is 8.68. The molecule has 134 valence electrons. The number of carbonyl (C=O) groups is 1. The van der Waals surface area contributed by atoms with Crippen LogP contribution in [0.5, 0.6) is 0 Å². The fourth-order valence-corrected chi connectivity index (χ4v) is 3.31. The number of aromatic nitrogens is 1. The Hall–Kier alpha value is -2.94. The average Bonchev–Trinajstić information content (AvgIpc) is 3.07. The number of rotatable bonds is 4. The van der Waals surface area contributed by atoms with Crippen molar-refractivity contribution in [3.05, 3.63) is 71.9 Å². The Morgan fingerprint density at radius 1 is 0.923 bits per heavy atom.